The fourth-order valence-electron chi connectivity index (χ4n) is 2.34. The molecule has 2 heterocycles. The number of rotatable bonds is 0. The molecule has 80 valence electrons. The van der Waals surface area contributed by atoms with Gasteiger partial charge >= 0.3 is 0 Å². The van der Waals surface area contributed by atoms with Crippen molar-refractivity contribution in [1.29, 1.82) is 0 Å². The monoisotopic (exact) mass is 218 g/mol. The van der Waals surface area contributed by atoms with Crippen LogP contribution in [0.4, 0.5) is 0 Å². The van der Waals surface area contributed by atoms with E-state index in [0.29, 0.717) is 0 Å². The molecule has 0 N–H and O–H groups in total. The summed E-state index contributed by atoms with van der Waals surface area (Å²) >= 11 is 0. The summed E-state index contributed by atoms with van der Waals surface area (Å²) in [6, 6.07) is 20.9. The van der Waals surface area contributed by atoms with Crippen LogP contribution in [0, 0.1) is 0 Å². The van der Waals surface area contributed by atoms with Crippen LogP contribution in [0.1, 0.15) is 0 Å². The Labute approximate surface area is 98.1 Å². The van der Waals surface area contributed by atoms with Crippen molar-refractivity contribution < 1.29 is 0 Å². The Morgan fingerprint density at radius 3 is 2.41 bits per heavy atom. The fraction of sp³-hybridized carbons (Fsp3) is 0. The second kappa shape index (κ2) is 3.08. The third kappa shape index (κ3) is 1.18. The van der Waals surface area contributed by atoms with Gasteiger partial charge in [-0.2, -0.15) is 5.10 Å². The highest BCUT2D eigenvalue weighted by Crippen LogP contribution is 2.22. The summed E-state index contributed by atoms with van der Waals surface area (Å²) < 4.78 is 2.01. The molecule has 0 aliphatic heterocycles. The van der Waals surface area contributed by atoms with E-state index in [-0.39, 0.29) is 0 Å². The molecule has 4 aromatic rings. The first kappa shape index (κ1) is 8.76. The molecule has 0 fully saturated rings. The maximum absolute atomic E-state index is 4.68. The van der Waals surface area contributed by atoms with Crippen LogP contribution in [0.25, 0.3) is 27.3 Å². The molecule has 0 amide bonds. The van der Waals surface area contributed by atoms with Gasteiger partial charge in [0.2, 0.25) is 0 Å². The zero-order valence-electron chi connectivity index (χ0n) is 9.17. The summed E-state index contributed by atoms with van der Waals surface area (Å²) in [6.07, 6.45) is 0. The van der Waals surface area contributed by atoms with Gasteiger partial charge in [0, 0.05) is 10.8 Å². The molecule has 4 rings (SSSR count). The summed E-state index contributed by atoms with van der Waals surface area (Å²) in [7, 11) is 0. The van der Waals surface area contributed by atoms with Crippen LogP contribution >= 0.6 is 0 Å². The molecule has 2 aromatic carbocycles. The van der Waals surface area contributed by atoms with Crippen LogP contribution in [0.2, 0.25) is 0 Å². The number of aromatic nitrogens is 2. The average Bonchev–Trinajstić information content (AvgIpc) is 2.73. The Hall–Kier alpha value is -2.35. The first-order valence-corrected chi connectivity index (χ1v) is 5.68. The van der Waals surface area contributed by atoms with Crippen molar-refractivity contribution >= 4 is 27.3 Å². The molecule has 0 bridgehead atoms. The highest BCUT2D eigenvalue weighted by Gasteiger charge is 2.04. The van der Waals surface area contributed by atoms with Crippen molar-refractivity contribution in [3.05, 3.63) is 60.7 Å². The Kier molecular flexibility index (Phi) is 1.59. The molecule has 0 aliphatic rings. The molecule has 0 atom stereocenters. The van der Waals surface area contributed by atoms with Crippen LogP contribution in [-0.4, -0.2) is 9.61 Å². The summed E-state index contributed by atoms with van der Waals surface area (Å²) in [5.74, 6) is 0. The van der Waals surface area contributed by atoms with Gasteiger partial charge in [0.1, 0.15) is 0 Å². The van der Waals surface area contributed by atoms with Gasteiger partial charge in [0.15, 0.2) is 0 Å². The van der Waals surface area contributed by atoms with Crippen molar-refractivity contribution in [3.63, 3.8) is 0 Å². The molecule has 2 aromatic heterocycles. The quantitative estimate of drug-likeness (QED) is 0.440. The van der Waals surface area contributed by atoms with E-state index < -0.39 is 0 Å². The van der Waals surface area contributed by atoms with E-state index in [1.54, 1.807) is 0 Å². The van der Waals surface area contributed by atoms with Crippen LogP contribution in [0.5, 0.6) is 0 Å². The molecule has 0 unspecified atom stereocenters. The van der Waals surface area contributed by atoms with Crippen molar-refractivity contribution in [1.82, 2.24) is 9.61 Å². The Morgan fingerprint density at radius 1 is 0.765 bits per heavy atom. The van der Waals surface area contributed by atoms with E-state index in [1.807, 2.05) is 28.8 Å². The highest BCUT2D eigenvalue weighted by atomic mass is 15.2. The zero-order valence-corrected chi connectivity index (χ0v) is 9.17. The lowest BCUT2D eigenvalue weighted by Crippen LogP contribution is -1.91. The minimum Gasteiger partial charge on any atom is -0.233 e. The minimum atomic E-state index is 1.03. The zero-order chi connectivity index (χ0) is 11.2. The van der Waals surface area contributed by atoms with Gasteiger partial charge in [-0.05, 0) is 24.3 Å². The van der Waals surface area contributed by atoms with Crippen molar-refractivity contribution in [3.8, 4) is 0 Å². The summed E-state index contributed by atoms with van der Waals surface area (Å²) in [6.45, 7) is 0. The molecular weight excluding hydrogens is 208 g/mol. The Balaban J connectivity index is 2.28. The van der Waals surface area contributed by atoms with E-state index in [2.05, 4.69) is 41.5 Å². The Morgan fingerprint density at radius 2 is 1.47 bits per heavy atom. The van der Waals surface area contributed by atoms with E-state index in [9.17, 15) is 0 Å². The van der Waals surface area contributed by atoms with Gasteiger partial charge in [-0.1, -0.05) is 36.4 Å². The third-order valence-electron chi connectivity index (χ3n) is 3.16. The van der Waals surface area contributed by atoms with E-state index in [0.717, 1.165) is 16.6 Å². The molecule has 17 heavy (non-hydrogen) atoms. The maximum Gasteiger partial charge on any atom is 0.0913 e. The van der Waals surface area contributed by atoms with Crippen LogP contribution in [-0.2, 0) is 0 Å². The molecule has 0 saturated heterocycles. The summed E-state index contributed by atoms with van der Waals surface area (Å²) in [4.78, 5) is 0. The number of para-hydroxylation sites is 1. The average molecular weight is 218 g/mol. The van der Waals surface area contributed by atoms with Gasteiger partial charge in [-0.15, -0.1) is 0 Å². The van der Waals surface area contributed by atoms with Gasteiger partial charge < -0.3 is 0 Å². The second-order valence-electron chi connectivity index (χ2n) is 4.24. The lowest BCUT2D eigenvalue weighted by molar-refractivity contribution is 1.01. The van der Waals surface area contributed by atoms with Crippen molar-refractivity contribution in [2.45, 2.75) is 0 Å². The predicted molar refractivity (Wildman–Crippen MR) is 70.2 cm³/mol. The normalized spacial score (nSPS) is 11.5. The van der Waals surface area contributed by atoms with Crippen LogP contribution < -0.4 is 0 Å². The van der Waals surface area contributed by atoms with E-state index in [4.69, 9.17) is 0 Å². The smallest absolute Gasteiger partial charge is 0.0913 e. The lowest BCUT2D eigenvalue weighted by atomic mass is 10.2. The second-order valence-corrected chi connectivity index (χ2v) is 4.24. The van der Waals surface area contributed by atoms with Crippen LogP contribution in [0.15, 0.2) is 60.7 Å². The third-order valence-corrected chi connectivity index (χ3v) is 3.16. The molecular formula is C15H10N2. The topological polar surface area (TPSA) is 17.3 Å². The lowest BCUT2D eigenvalue weighted by Gasteiger charge is -1.99. The first-order chi connectivity index (χ1) is 8.42. The predicted octanol–water partition coefficient (Wildman–Crippen LogP) is 3.64. The number of benzene rings is 2. The fourth-order valence-corrected chi connectivity index (χ4v) is 2.34. The van der Waals surface area contributed by atoms with E-state index >= 15 is 0 Å². The molecule has 0 radical (unpaired) electrons. The van der Waals surface area contributed by atoms with E-state index in [1.165, 1.54) is 10.8 Å². The standard InChI is InChI=1S/C15H10N2/c1-3-7-14-11(5-1)9-13-10-12-6-2-4-8-15(12)17(13)16-14/h1-10H. The van der Waals surface area contributed by atoms with Crippen LogP contribution in [0.3, 0.4) is 0 Å². The number of hydrogen-bond acceptors (Lipinski definition) is 1. The van der Waals surface area contributed by atoms with Gasteiger partial charge in [-0.3, -0.25) is 0 Å². The van der Waals surface area contributed by atoms with Crippen molar-refractivity contribution in [2.24, 2.45) is 0 Å². The summed E-state index contributed by atoms with van der Waals surface area (Å²) in [5, 5.41) is 7.10. The molecule has 2 heteroatoms. The Bertz CT molecular complexity index is 837. The van der Waals surface area contributed by atoms with Crippen molar-refractivity contribution in [2.75, 3.05) is 0 Å². The SMILES string of the molecule is c1ccc2nn3c(cc2c1)cc1ccccc13. The number of fused-ring (bicyclic) bond motifs is 4. The maximum atomic E-state index is 4.68. The molecule has 0 spiro atoms. The number of nitrogens with zero attached hydrogens (tertiary/aromatic N) is 2. The first-order valence-electron chi connectivity index (χ1n) is 5.68. The summed E-state index contributed by atoms with van der Waals surface area (Å²) in [5.41, 5.74) is 3.33. The van der Waals surface area contributed by atoms with Gasteiger partial charge in [0.25, 0.3) is 0 Å². The molecule has 2 nitrogen and oxygen atoms in total. The molecule has 0 saturated carbocycles. The minimum absolute atomic E-state index is 1.03. The van der Waals surface area contributed by atoms with Gasteiger partial charge in [0.05, 0.1) is 16.6 Å². The molecule has 0 aliphatic carbocycles. The van der Waals surface area contributed by atoms with Gasteiger partial charge in [-0.25, -0.2) is 4.52 Å². The highest BCUT2D eigenvalue weighted by molar-refractivity contribution is 5.91. The number of hydrogen-bond donors (Lipinski definition) is 0. The largest absolute Gasteiger partial charge is 0.233 e.